The molecule has 19 heavy (non-hydrogen) atoms. The molecule has 0 aromatic carbocycles. The maximum atomic E-state index is 9.29. The van der Waals surface area contributed by atoms with Crippen LogP contribution in [0.25, 0.3) is 0 Å². The van der Waals surface area contributed by atoms with Crippen LogP contribution in [-0.2, 0) is 0 Å². The van der Waals surface area contributed by atoms with Crippen molar-refractivity contribution in [2.24, 2.45) is 23.5 Å². The summed E-state index contributed by atoms with van der Waals surface area (Å²) in [5, 5.41) is 13.0. The standard InChI is InChI=1S/C16H34N2O/c1-12(2)15-6-5-8-16(11-17,9-7-15)18-14(4)13(3)10-19/h12-15,18-19H,5-11,17H2,1-4H3. The summed E-state index contributed by atoms with van der Waals surface area (Å²) in [5.74, 6) is 1.91. The molecular weight excluding hydrogens is 236 g/mol. The predicted molar refractivity (Wildman–Crippen MR) is 82.0 cm³/mol. The Balaban J connectivity index is 2.64. The number of aliphatic hydroxyl groups is 1. The molecule has 114 valence electrons. The van der Waals surface area contributed by atoms with E-state index in [1.807, 2.05) is 0 Å². The fourth-order valence-corrected chi connectivity index (χ4v) is 3.29. The molecule has 1 aliphatic rings. The third kappa shape index (κ3) is 4.73. The van der Waals surface area contributed by atoms with E-state index in [-0.39, 0.29) is 18.1 Å². The lowest BCUT2D eigenvalue weighted by Crippen LogP contribution is -2.56. The van der Waals surface area contributed by atoms with Crippen LogP contribution < -0.4 is 11.1 Å². The molecule has 0 amide bonds. The normalized spacial score (nSPS) is 32.1. The molecule has 1 fully saturated rings. The molecule has 3 nitrogen and oxygen atoms in total. The maximum Gasteiger partial charge on any atom is 0.0471 e. The van der Waals surface area contributed by atoms with Crippen LogP contribution in [0.1, 0.15) is 59.8 Å². The largest absolute Gasteiger partial charge is 0.396 e. The molecule has 1 saturated carbocycles. The molecule has 0 aromatic heterocycles. The Labute approximate surface area is 119 Å². The first-order chi connectivity index (χ1) is 8.94. The molecule has 0 aliphatic heterocycles. The van der Waals surface area contributed by atoms with Crippen LogP contribution in [0.2, 0.25) is 0 Å². The summed E-state index contributed by atoms with van der Waals surface area (Å²) >= 11 is 0. The first-order valence-corrected chi connectivity index (χ1v) is 8.02. The number of hydrogen-bond donors (Lipinski definition) is 3. The van der Waals surface area contributed by atoms with Gasteiger partial charge in [0, 0.05) is 24.7 Å². The van der Waals surface area contributed by atoms with E-state index >= 15 is 0 Å². The van der Waals surface area contributed by atoms with Gasteiger partial charge in [0.25, 0.3) is 0 Å². The van der Waals surface area contributed by atoms with Crippen molar-refractivity contribution < 1.29 is 5.11 Å². The van der Waals surface area contributed by atoms with Crippen molar-refractivity contribution in [3.8, 4) is 0 Å². The molecule has 4 unspecified atom stereocenters. The molecule has 0 radical (unpaired) electrons. The molecule has 0 spiro atoms. The highest BCUT2D eigenvalue weighted by Gasteiger charge is 2.34. The Morgan fingerprint density at radius 3 is 2.42 bits per heavy atom. The van der Waals surface area contributed by atoms with Gasteiger partial charge in [-0.2, -0.15) is 0 Å². The van der Waals surface area contributed by atoms with E-state index in [9.17, 15) is 5.11 Å². The minimum Gasteiger partial charge on any atom is -0.396 e. The number of nitrogens with one attached hydrogen (secondary N) is 1. The van der Waals surface area contributed by atoms with Gasteiger partial charge in [0.05, 0.1) is 0 Å². The first kappa shape index (κ1) is 16.9. The Kier molecular flexibility index (Phi) is 6.78. The Bertz CT molecular complexity index is 257. The van der Waals surface area contributed by atoms with Gasteiger partial charge < -0.3 is 16.2 Å². The maximum absolute atomic E-state index is 9.29. The fourth-order valence-electron chi connectivity index (χ4n) is 3.29. The minimum atomic E-state index is 0.0898. The zero-order valence-corrected chi connectivity index (χ0v) is 13.3. The molecule has 1 aliphatic carbocycles. The van der Waals surface area contributed by atoms with Crippen molar-refractivity contribution in [1.82, 2.24) is 5.32 Å². The van der Waals surface area contributed by atoms with E-state index in [0.717, 1.165) is 11.8 Å². The minimum absolute atomic E-state index is 0.0898. The molecule has 3 heteroatoms. The van der Waals surface area contributed by atoms with Crippen LogP contribution in [-0.4, -0.2) is 29.8 Å². The smallest absolute Gasteiger partial charge is 0.0471 e. The van der Waals surface area contributed by atoms with E-state index in [1.165, 1.54) is 32.1 Å². The molecular formula is C16H34N2O. The molecule has 0 saturated heterocycles. The highest BCUT2D eigenvalue weighted by molar-refractivity contribution is 4.94. The van der Waals surface area contributed by atoms with Gasteiger partial charge in [-0.1, -0.05) is 33.6 Å². The topological polar surface area (TPSA) is 58.3 Å². The number of nitrogens with two attached hydrogens (primary N) is 1. The number of aliphatic hydroxyl groups excluding tert-OH is 1. The van der Waals surface area contributed by atoms with E-state index < -0.39 is 0 Å². The van der Waals surface area contributed by atoms with Gasteiger partial charge in [-0.05, 0) is 43.9 Å². The highest BCUT2D eigenvalue weighted by Crippen LogP contribution is 2.34. The second kappa shape index (κ2) is 7.61. The van der Waals surface area contributed by atoms with Gasteiger partial charge >= 0.3 is 0 Å². The summed E-state index contributed by atoms with van der Waals surface area (Å²) in [6, 6.07) is 0.323. The van der Waals surface area contributed by atoms with Gasteiger partial charge in [-0.25, -0.2) is 0 Å². The van der Waals surface area contributed by atoms with Crippen molar-refractivity contribution in [1.29, 1.82) is 0 Å². The van der Waals surface area contributed by atoms with Gasteiger partial charge in [0.2, 0.25) is 0 Å². The van der Waals surface area contributed by atoms with Gasteiger partial charge in [0.1, 0.15) is 0 Å². The van der Waals surface area contributed by atoms with Crippen LogP contribution in [0.4, 0.5) is 0 Å². The quantitative estimate of drug-likeness (QED) is 0.650. The van der Waals surface area contributed by atoms with Crippen LogP contribution in [0, 0.1) is 17.8 Å². The van der Waals surface area contributed by atoms with E-state index in [1.54, 1.807) is 0 Å². The van der Waals surface area contributed by atoms with E-state index in [4.69, 9.17) is 5.73 Å². The summed E-state index contributed by atoms with van der Waals surface area (Å²) in [5.41, 5.74) is 6.18. The van der Waals surface area contributed by atoms with E-state index in [0.29, 0.717) is 12.6 Å². The zero-order valence-electron chi connectivity index (χ0n) is 13.3. The summed E-state index contributed by atoms with van der Waals surface area (Å²) in [6.45, 7) is 9.89. The third-order valence-electron chi connectivity index (χ3n) is 5.23. The van der Waals surface area contributed by atoms with Gasteiger partial charge in [0.15, 0.2) is 0 Å². The first-order valence-electron chi connectivity index (χ1n) is 8.02. The fraction of sp³-hybridized carbons (Fsp3) is 1.00. The SMILES string of the molecule is CC(C)C1CCCC(CN)(NC(C)C(C)CO)CC1. The number of hydrogen-bond acceptors (Lipinski definition) is 3. The van der Waals surface area contributed by atoms with Crippen LogP contribution in [0.3, 0.4) is 0 Å². The zero-order chi connectivity index (χ0) is 14.5. The Morgan fingerprint density at radius 2 is 1.89 bits per heavy atom. The van der Waals surface area contributed by atoms with Crippen LogP contribution in [0.5, 0.6) is 0 Å². The van der Waals surface area contributed by atoms with E-state index in [2.05, 4.69) is 33.0 Å². The summed E-state index contributed by atoms with van der Waals surface area (Å²) in [4.78, 5) is 0. The van der Waals surface area contributed by atoms with Crippen LogP contribution in [0.15, 0.2) is 0 Å². The molecule has 0 bridgehead atoms. The van der Waals surface area contributed by atoms with Crippen molar-refractivity contribution in [3.63, 3.8) is 0 Å². The average molecular weight is 270 g/mol. The van der Waals surface area contributed by atoms with Crippen molar-refractivity contribution in [2.75, 3.05) is 13.2 Å². The lowest BCUT2D eigenvalue weighted by Gasteiger charge is -2.37. The highest BCUT2D eigenvalue weighted by atomic mass is 16.3. The third-order valence-corrected chi connectivity index (χ3v) is 5.23. The summed E-state index contributed by atoms with van der Waals surface area (Å²) < 4.78 is 0. The molecule has 0 aromatic rings. The Hall–Kier alpha value is -0.120. The number of rotatable bonds is 6. The molecule has 0 heterocycles. The monoisotopic (exact) mass is 270 g/mol. The van der Waals surface area contributed by atoms with Crippen LogP contribution >= 0.6 is 0 Å². The lowest BCUT2D eigenvalue weighted by molar-refractivity contribution is 0.170. The second-order valence-electron chi connectivity index (χ2n) is 7.01. The molecule has 4 N–H and O–H groups in total. The van der Waals surface area contributed by atoms with Gasteiger partial charge in [-0.3, -0.25) is 0 Å². The Morgan fingerprint density at radius 1 is 1.21 bits per heavy atom. The molecule has 1 rings (SSSR count). The van der Waals surface area contributed by atoms with Crippen molar-refractivity contribution in [2.45, 2.75) is 71.4 Å². The summed E-state index contributed by atoms with van der Waals surface area (Å²) in [7, 11) is 0. The van der Waals surface area contributed by atoms with Crippen molar-refractivity contribution >= 4 is 0 Å². The lowest BCUT2D eigenvalue weighted by atomic mass is 9.85. The second-order valence-corrected chi connectivity index (χ2v) is 7.01. The summed E-state index contributed by atoms with van der Waals surface area (Å²) in [6.07, 6.45) is 6.24. The van der Waals surface area contributed by atoms with Gasteiger partial charge in [-0.15, -0.1) is 0 Å². The average Bonchev–Trinajstić information content (AvgIpc) is 2.61. The molecule has 4 atom stereocenters. The predicted octanol–water partition coefficient (Wildman–Crippen LogP) is 2.53. The van der Waals surface area contributed by atoms with Crippen molar-refractivity contribution in [3.05, 3.63) is 0 Å².